The van der Waals surface area contributed by atoms with Gasteiger partial charge in [-0.25, -0.2) is 0 Å². The van der Waals surface area contributed by atoms with Crippen LogP contribution in [0.25, 0.3) is 0 Å². The summed E-state index contributed by atoms with van der Waals surface area (Å²) in [5.41, 5.74) is 0. The second-order valence-electron chi connectivity index (χ2n) is 5.99. The first-order valence-corrected chi connectivity index (χ1v) is 7.09. The Hall–Kier alpha value is -0.0800. The zero-order valence-corrected chi connectivity index (χ0v) is 11.2. The Morgan fingerprint density at radius 2 is 2.12 bits per heavy atom. The Morgan fingerprint density at radius 3 is 2.62 bits per heavy atom. The van der Waals surface area contributed by atoms with Gasteiger partial charge in [-0.3, -0.25) is 0 Å². The van der Waals surface area contributed by atoms with Gasteiger partial charge in [-0.2, -0.15) is 0 Å². The minimum absolute atomic E-state index is 0.726. The topological polar surface area (TPSA) is 15.3 Å². The van der Waals surface area contributed by atoms with Gasteiger partial charge in [-0.05, 0) is 57.5 Å². The number of hydrogen-bond acceptors (Lipinski definition) is 2. The molecule has 0 radical (unpaired) electrons. The molecule has 1 N–H and O–H groups in total. The molecule has 2 bridgehead atoms. The quantitative estimate of drug-likeness (QED) is 0.745. The van der Waals surface area contributed by atoms with E-state index in [0.29, 0.717) is 0 Å². The van der Waals surface area contributed by atoms with Crippen LogP contribution >= 0.6 is 0 Å². The van der Waals surface area contributed by atoms with Gasteiger partial charge in [0.1, 0.15) is 0 Å². The van der Waals surface area contributed by atoms with Crippen LogP contribution in [0.15, 0.2) is 0 Å². The first-order valence-electron chi connectivity index (χ1n) is 7.09. The fourth-order valence-electron chi connectivity index (χ4n) is 3.97. The summed E-state index contributed by atoms with van der Waals surface area (Å²) in [5, 5.41) is 3.32. The molecular formula is C14H28N2. The predicted octanol–water partition coefficient (Wildman–Crippen LogP) is 2.35. The third kappa shape index (κ3) is 2.60. The third-order valence-electron chi connectivity index (χ3n) is 4.94. The molecule has 94 valence electrons. The van der Waals surface area contributed by atoms with Crippen molar-refractivity contribution in [1.29, 1.82) is 0 Å². The molecule has 2 aliphatic rings. The largest absolute Gasteiger partial charge is 0.318 e. The van der Waals surface area contributed by atoms with Gasteiger partial charge in [0, 0.05) is 19.1 Å². The van der Waals surface area contributed by atoms with Crippen LogP contribution in [0.2, 0.25) is 0 Å². The normalized spacial score (nSPS) is 34.9. The number of likely N-dealkylation sites (N-methyl/N-ethyl adjacent to an activating group) is 2. The highest BCUT2D eigenvalue weighted by atomic mass is 15.1. The summed E-state index contributed by atoms with van der Waals surface area (Å²) < 4.78 is 0. The zero-order chi connectivity index (χ0) is 11.5. The van der Waals surface area contributed by atoms with Crippen LogP contribution in [0.4, 0.5) is 0 Å². The summed E-state index contributed by atoms with van der Waals surface area (Å²) in [7, 11) is 4.38. The van der Waals surface area contributed by atoms with E-state index in [-0.39, 0.29) is 0 Å². The molecule has 4 atom stereocenters. The van der Waals surface area contributed by atoms with Gasteiger partial charge in [0.15, 0.2) is 0 Å². The van der Waals surface area contributed by atoms with Crippen molar-refractivity contribution in [2.24, 2.45) is 17.8 Å². The molecule has 0 aliphatic heterocycles. The molecule has 0 spiro atoms. The lowest BCUT2D eigenvalue weighted by atomic mass is 9.88. The van der Waals surface area contributed by atoms with Crippen molar-refractivity contribution < 1.29 is 0 Å². The second kappa shape index (κ2) is 5.50. The van der Waals surface area contributed by atoms with E-state index in [2.05, 4.69) is 31.2 Å². The molecule has 2 saturated carbocycles. The molecule has 0 heterocycles. The molecule has 0 saturated heterocycles. The predicted molar refractivity (Wildman–Crippen MR) is 69.6 cm³/mol. The van der Waals surface area contributed by atoms with Crippen molar-refractivity contribution in [2.75, 3.05) is 27.2 Å². The molecule has 16 heavy (non-hydrogen) atoms. The van der Waals surface area contributed by atoms with E-state index in [0.717, 1.165) is 30.3 Å². The summed E-state index contributed by atoms with van der Waals surface area (Å²) in [5.74, 6) is 3.17. The maximum absolute atomic E-state index is 3.32. The number of hydrogen-bond donors (Lipinski definition) is 1. The van der Waals surface area contributed by atoms with Gasteiger partial charge in [-0.15, -0.1) is 0 Å². The zero-order valence-electron chi connectivity index (χ0n) is 11.2. The van der Waals surface area contributed by atoms with Crippen molar-refractivity contribution in [3.05, 3.63) is 0 Å². The fraction of sp³-hybridized carbons (Fsp3) is 1.00. The van der Waals surface area contributed by atoms with Crippen LogP contribution in [-0.2, 0) is 0 Å². The van der Waals surface area contributed by atoms with Crippen molar-refractivity contribution in [2.45, 2.75) is 45.1 Å². The summed E-state index contributed by atoms with van der Waals surface area (Å²) in [6, 6.07) is 0.726. The average molecular weight is 224 g/mol. The molecule has 4 unspecified atom stereocenters. The van der Waals surface area contributed by atoms with Gasteiger partial charge in [0.05, 0.1) is 0 Å². The van der Waals surface area contributed by atoms with Gasteiger partial charge in [0.25, 0.3) is 0 Å². The smallest absolute Gasteiger partial charge is 0.0214 e. The summed E-state index contributed by atoms with van der Waals surface area (Å²) >= 11 is 0. The molecule has 2 aliphatic carbocycles. The Bertz CT molecular complexity index is 217. The molecule has 2 nitrogen and oxygen atoms in total. The van der Waals surface area contributed by atoms with E-state index in [1.54, 1.807) is 6.42 Å². The standard InChI is InChI=1S/C14H28N2/c1-4-14(9-15-2)16(3)10-13-8-11-5-6-12(13)7-11/h11-15H,4-10H2,1-3H3. The van der Waals surface area contributed by atoms with Crippen LogP contribution in [0.1, 0.15) is 39.0 Å². The maximum Gasteiger partial charge on any atom is 0.0214 e. The molecule has 0 aromatic carbocycles. The van der Waals surface area contributed by atoms with E-state index in [1.165, 1.54) is 32.2 Å². The van der Waals surface area contributed by atoms with Crippen molar-refractivity contribution in [1.82, 2.24) is 10.2 Å². The van der Waals surface area contributed by atoms with Gasteiger partial charge >= 0.3 is 0 Å². The molecule has 0 aromatic rings. The van der Waals surface area contributed by atoms with Crippen LogP contribution in [-0.4, -0.2) is 38.1 Å². The van der Waals surface area contributed by atoms with Crippen molar-refractivity contribution >= 4 is 0 Å². The first-order chi connectivity index (χ1) is 7.74. The molecule has 0 amide bonds. The lowest BCUT2D eigenvalue weighted by Gasteiger charge is -2.32. The van der Waals surface area contributed by atoms with Crippen LogP contribution in [0.5, 0.6) is 0 Å². The highest BCUT2D eigenvalue weighted by Gasteiger charge is 2.39. The maximum atomic E-state index is 3.32. The monoisotopic (exact) mass is 224 g/mol. The van der Waals surface area contributed by atoms with E-state index in [1.807, 2.05) is 0 Å². The third-order valence-corrected chi connectivity index (χ3v) is 4.94. The average Bonchev–Trinajstić information content (AvgIpc) is 2.87. The Labute approximate surface area is 101 Å². The van der Waals surface area contributed by atoms with E-state index in [9.17, 15) is 0 Å². The summed E-state index contributed by atoms with van der Waals surface area (Å²) in [6.45, 7) is 4.77. The molecular weight excluding hydrogens is 196 g/mol. The second-order valence-corrected chi connectivity index (χ2v) is 5.99. The molecule has 2 fully saturated rings. The van der Waals surface area contributed by atoms with E-state index < -0.39 is 0 Å². The number of nitrogens with zero attached hydrogens (tertiary/aromatic N) is 1. The minimum Gasteiger partial charge on any atom is -0.318 e. The van der Waals surface area contributed by atoms with Crippen LogP contribution < -0.4 is 5.32 Å². The highest BCUT2D eigenvalue weighted by Crippen LogP contribution is 2.48. The Morgan fingerprint density at radius 1 is 1.31 bits per heavy atom. The first kappa shape index (κ1) is 12.4. The fourth-order valence-corrected chi connectivity index (χ4v) is 3.97. The van der Waals surface area contributed by atoms with Crippen molar-refractivity contribution in [3.8, 4) is 0 Å². The van der Waals surface area contributed by atoms with Gasteiger partial charge < -0.3 is 10.2 Å². The molecule has 2 heteroatoms. The summed E-state index contributed by atoms with van der Waals surface area (Å²) in [6.07, 6.45) is 7.37. The van der Waals surface area contributed by atoms with E-state index >= 15 is 0 Å². The highest BCUT2D eigenvalue weighted by molar-refractivity contribution is 4.91. The van der Waals surface area contributed by atoms with Gasteiger partial charge in [-0.1, -0.05) is 13.3 Å². The lowest BCUT2D eigenvalue weighted by molar-refractivity contribution is 0.167. The lowest BCUT2D eigenvalue weighted by Crippen LogP contribution is -2.41. The van der Waals surface area contributed by atoms with Crippen LogP contribution in [0, 0.1) is 17.8 Å². The van der Waals surface area contributed by atoms with Crippen LogP contribution in [0.3, 0.4) is 0 Å². The minimum atomic E-state index is 0.726. The SMILES string of the molecule is CCC(CNC)N(C)CC1CC2CCC1C2. The molecule has 0 aromatic heterocycles. The molecule has 2 rings (SSSR count). The number of nitrogens with one attached hydrogen (secondary N) is 1. The Kier molecular flexibility index (Phi) is 4.26. The Balaban J connectivity index is 1.79. The van der Waals surface area contributed by atoms with Crippen molar-refractivity contribution in [3.63, 3.8) is 0 Å². The van der Waals surface area contributed by atoms with Gasteiger partial charge in [0.2, 0.25) is 0 Å². The summed E-state index contributed by atoms with van der Waals surface area (Å²) in [4.78, 5) is 2.60. The number of fused-ring (bicyclic) bond motifs is 2. The van der Waals surface area contributed by atoms with E-state index in [4.69, 9.17) is 0 Å². The number of rotatable bonds is 6.